The van der Waals surface area contributed by atoms with Gasteiger partial charge in [-0.15, -0.1) is 0 Å². The molecule has 0 aromatic heterocycles. The summed E-state index contributed by atoms with van der Waals surface area (Å²) in [6.45, 7) is 0. The first-order valence-corrected chi connectivity index (χ1v) is 8.25. The van der Waals surface area contributed by atoms with Crippen LogP contribution in [0.1, 0.15) is 0 Å². The normalized spacial score (nSPS) is 17.7. The van der Waals surface area contributed by atoms with Crippen molar-refractivity contribution < 1.29 is 93.3 Å². The van der Waals surface area contributed by atoms with E-state index in [-0.39, 0.29) is 0 Å². The number of benzene rings is 1. The van der Waals surface area contributed by atoms with Crippen LogP contribution in [-0.4, -0.2) is 54.3 Å². The van der Waals surface area contributed by atoms with E-state index in [1.807, 2.05) is 4.74 Å². The van der Waals surface area contributed by atoms with Crippen molar-refractivity contribution in [3.05, 3.63) is 30.1 Å². The lowest BCUT2D eigenvalue weighted by Crippen LogP contribution is -2.68. The molecule has 214 valence electrons. The van der Waals surface area contributed by atoms with Gasteiger partial charge in [-0.05, 0) is 12.1 Å². The fourth-order valence-corrected chi connectivity index (χ4v) is 1.93. The summed E-state index contributed by atoms with van der Waals surface area (Å²) >= 11 is 0. The number of para-hydroxylation sites is 1. The third-order valence-electron chi connectivity index (χ3n) is 3.78. The Morgan fingerprint density at radius 2 is 1.08 bits per heavy atom. The molecule has 0 unspecified atom stereocenters. The molecule has 0 radical (unpaired) electrons. The predicted molar refractivity (Wildman–Crippen MR) is 77.9 cm³/mol. The van der Waals surface area contributed by atoms with Crippen molar-refractivity contribution >= 4 is 11.6 Å². The van der Waals surface area contributed by atoms with E-state index in [0.29, 0.717) is 23.5 Å². The smallest absolute Gasteiger partial charge is 0.318 e. The number of hydrogen-bond donors (Lipinski definition) is 1. The number of halogens is 18. The minimum atomic E-state index is -8.13. The average molecular weight is 589 g/mol. The van der Waals surface area contributed by atoms with Crippen LogP contribution in [0, 0.1) is 5.82 Å². The molecule has 1 N–H and O–H groups in total. The summed E-state index contributed by atoms with van der Waals surface area (Å²) in [4.78, 5) is 11.6. The zero-order valence-corrected chi connectivity index (χ0v) is 16.3. The molecule has 37 heavy (non-hydrogen) atoms. The molecule has 0 spiro atoms. The highest BCUT2D eigenvalue weighted by molar-refractivity contribution is 5.97. The zero-order valence-electron chi connectivity index (χ0n) is 16.3. The molecule has 1 rings (SSSR count). The van der Waals surface area contributed by atoms with E-state index in [0.717, 1.165) is 6.07 Å². The van der Waals surface area contributed by atoms with Gasteiger partial charge < -0.3 is 5.32 Å². The quantitative estimate of drug-likeness (QED) is 0.347. The van der Waals surface area contributed by atoms with Crippen molar-refractivity contribution in [2.24, 2.45) is 0 Å². The van der Waals surface area contributed by atoms with Gasteiger partial charge in [0, 0.05) is 0 Å². The van der Waals surface area contributed by atoms with E-state index in [9.17, 15) is 83.8 Å². The van der Waals surface area contributed by atoms with E-state index in [1.54, 1.807) is 0 Å². The van der Waals surface area contributed by atoms with Crippen molar-refractivity contribution in [1.29, 1.82) is 0 Å². The van der Waals surface area contributed by atoms with Gasteiger partial charge >= 0.3 is 48.4 Å². The predicted octanol–water partition coefficient (Wildman–Crippen LogP) is 6.64. The molecule has 0 aliphatic rings. The van der Waals surface area contributed by atoms with E-state index in [1.165, 1.54) is 4.74 Å². The van der Waals surface area contributed by atoms with Gasteiger partial charge in [0.2, 0.25) is 0 Å². The first-order valence-electron chi connectivity index (χ1n) is 8.25. The lowest BCUT2D eigenvalue weighted by molar-refractivity contribution is -0.548. The number of carbonyl (C=O) groups excluding carboxylic acids is 1. The Kier molecular flexibility index (Phi) is 8.11. The Morgan fingerprint density at radius 3 is 1.46 bits per heavy atom. The van der Waals surface area contributed by atoms with Gasteiger partial charge in [-0.3, -0.25) is 14.3 Å². The maximum absolute atomic E-state index is 14.3. The molecule has 0 fully saturated rings. The van der Waals surface area contributed by atoms with Gasteiger partial charge in [-0.1, -0.05) is 12.1 Å². The number of carbonyl (C=O) groups is 1. The summed E-state index contributed by atoms with van der Waals surface area (Å²) < 4.78 is 238. The lowest BCUT2D eigenvalue weighted by Gasteiger charge is -2.40. The molecular weight excluding hydrogens is 584 g/mol. The number of alkyl halides is 17. The standard InChI is InChI=1S/C15H5F18NO3/c16-5-3-1-2-4-6(5)34-7(35)8(17,11(21,22)23)36-15(32,33)10(20,13(27,28)29)37-14(30,31)9(18,19)12(24,25)26/h1-4H,(H,34,35)/t8-,10-/m1/s1. The molecule has 0 saturated carbocycles. The van der Waals surface area contributed by atoms with Gasteiger partial charge in [0.25, 0.3) is 5.91 Å². The SMILES string of the molecule is O=C(Nc1ccccc1F)[C@@](F)(OC(F)(F)[C@](F)(OC(F)(F)C(F)(F)C(F)(F)F)C(F)(F)F)C(F)(F)F. The molecular formula is C15H5F18NO3. The number of hydrogen-bond acceptors (Lipinski definition) is 3. The highest BCUT2D eigenvalue weighted by Gasteiger charge is 2.85. The summed E-state index contributed by atoms with van der Waals surface area (Å²) in [5, 5.41) is 0.534. The zero-order chi connectivity index (χ0) is 29.7. The third kappa shape index (κ3) is 5.77. The summed E-state index contributed by atoms with van der Waals surface area (Å²) in [6, 6.07) is 2.08. The number of nitrogens with one attached hydrogen (secondary N) is 1. The molecule has 1 aromatic rings. The molecule has 0 aliphatic heterocycles. The van der Waals surface area contributed by atoms with Crippen molar-refractivity contribution in [1.82, 2.24) is 0 Å². The molecule has 1 amide bonds. The molecule has 0 saturated heterocycles. The summed E-state index contributed by atoms with van der Waals surface area (Å²) in [6.07, 6.45) is -38.9. The number of amides is 1. The number of ether oxygens (including phenoxy) is 2. The first kappa shape index (κ1) is 32.4. The minimum Gasteiger partial charge on any atom is -0.318 e. The second-order valence-electron chi connectivity index (χ2n) is 6.43. The number of rotatable bonds is 8. The highest BCUT2D eigenvalue weighted by atomic mass is 19.4. The van der Waals surface area contributed by atoms with Crippen LogP contribution in [0.2, 0.25) is 0 Å². The Labute approximate surface area is 190 Å². The Morgan fingerprint density at radius 1 is 0.622 bits per heavy atom. The molecule has 4 nitrogen and oxygen atoms in total. The topological polar surface area (TPSA) is 47.6 Å². The minimum absolute atomic E-state index is 0.292. The van der Waals surface area contributed by atoms with Crippen LogP contribution in [0.15, 0.2) is 24.3 Å². The average Bonchev–Trinajstić information content (AvgIpc) is 2.66. The van der Waals surface area contributed by atoms with Gasteiger partial charge in [-0.25, -0.2) is 4.39 Å². The van der Waals surface area contributed by atoms with Crippen LogP contribution >= 0.6 is 0 Å². The maximum Gasteiger partial charge on any atom is 0.462 e. The van der Waals surface area contributed by atoms with Crippen LogP contribution in [-0.2, 0) is 14.3 Å². The molecule has 0 aliphatic carbocycles. The van der Waals surface area contributed by atoms with Crippen LogP contribution < -0.4 is 5.32 Å². The van der Waals surface area contributed by atoms with E-state index in [2.05, 4.69) is 0 Å². The lowest BCUT2D eigenvalue weighted by atomic mass is 10.2. The molecule has 0 bridgehead atoms. The van der Waals surface area contributed by atoms with Crippen LogP contribution in [0.25, 0.3) is 0 Å². The largest absolute Gasteiger partial charge is 0.462 e. The van der Waals surface area contributed by atoms with Crippen molar-refractivity contribution in [2.75, 3.05) is 5.32 Å². The molecule has 22 heteroatoms. The monoisotopic (exact) mass is 589 g/mol. The van der Waals surface area contributed by atoms with Gasteiger partial charge in [0.1, 0.15) is 5.82 Å². The van der Waals surface area contributed by atoms with Gasteiger partial charge in [0.05, 0.1) is 5.69 Å². The first-order chi connectivity index (χ1) is 16.1. The van der Waals surface area contributed by atoms with Gasteiger partial charge in [0.15, 0.2) is 0 Å². The van der Waals surface area contributed by atoms with E-state index < -0.39 is 65.8 Å². The van der Waals surface area contributed by atoms with Crippen molar-refractivity contribution in [3.63, 3.8) is 0 Å². The molecule has 0 heterocycles. The second kappa shape index (κ2) is 9.27. The Bertz CT molecular complexity index is 986. The van der Waals surface area contributed by atoms with Crippen molar-refractivity contribution in [2.45, 2.75) is 48.4 Å². The number of anilines is 1. The Balaban J connectivity index is 3.64. The summed E-state index contributed by atoms with van der Waals surface area (Å²) in [7, 11) is 0. The fourth-order valence-electron chi connectivity index (χ4n) is 1.93. The fraction of sp³-hybridized carbons (Fsp3) is 0.533. The van der Waals surface area contributed by atoms with Crippen LogP contribution in [0.5, 0.6) is 0 Å². The summed E-state index contributed by atoms with van der Waals surface area (Å²) in [5.74, 6) is -28.5. The third-order valence-corrected chi connectivity index (χ3v) is 3.78. The van der Waals surface area contributed by atoms with E-state index in [4.69, 9.17) is 0 Å². The second-order valence-corrected chi connectivity index (χ2v) is 6.43. The molecule has 1 aromatic carbocycles. The molecule has 2 atom stereocenters. The maximum atomic E-state index is 14.3. The Hall–Kier alpha value is -2.65. The van der Waals surface area contributed by atoms with Gasteiger partial charge in [-0.2, -0.15) is 74.6 Å². The summed E-state index contributed by atoms with van der Waals surface area (Å²) in [5.41, 5.74) is -1.51. The highest BCUT2D eigenvalue weighted by Crippen LogP contribution is 2.56. The van der Waals surface area contributed by atoms with Crippen molar-refractivity contribution in [3.8, 4) is 0 Å². The van der Waals surface area contributed by atoms with Crippen LogP contribution in [0.4, 0.5) is 84.7 Å². The van der Waals surface area contributed by atoms with Crippen LogP contribution in [0.3, 0.4) is 0 Å². The van der Waals surface area contributed by atoms with E-state index >= 15 is 0 Å².